The summed E-state index contributed by atoms with van der Waals surface area (Å²) in [6, 6.07) is 13.5. The van der Waals surface area contributed by atoms with E-state index in [9.17, 15) is 14.7 Å². The third-order valence-electron chi connectivity index (χ3n) is 5.69. The molecule has 154 valence electrons. The molecule has 29 heavy (non-hydrogen) atoms. The van der Waals surface area contributed by atoms with Crippen molar-refractivity contribution in [1.29, 1.82) is 0 Å². The van der Waals surface area contributed by atoms with Crippen molar-refractivity contribution in [3.63, 3.8) is 0 Å². The van der Waals surface area contributed by atoms with Crippen LogP contribution in [0.3, 0.4) is 0 Å². The fourth-order valence-corrected chi connectivity index (χ4v) is 3.89. The zero-order valence-electron chi connectivity index (χ0n) is 17.5. The Hall–Kier alpha value is -2.66. The molecule has 1 unspecified atom stereocenters. The van der Waals surface area contributed by atoms with E-state index in [1.165, 1.54) is 0 Å². The molecule has 3 N–H and O–H groups in total. The van der Waals surface area contributed by atoms with E-state index in [4.69, 9.17) is 0 Å². The molecule has 0 bridgehead atoms. The SMILES string of the molecule is Cc1ccc(-c2cc(C(=O)N[C@@H](C)CO)cc([C@@H]3C(=O)NCC3C(C)C)c2)cc1. The molecule has 1 aliphatic rings. The van der Waals surface area contributed by atoms with Gasteiger partial charge in [0, 0.05) is 18.2 Å². The van der Waals surface area contributed by atoms with Gasteiger partial charge in [-0.2, -0.15) is 0 Å². The summed E-state index contributed by atoms with van der Waals surface area (Å²) in [7, 11) is 0. The molecule has 3 rings (SSSR count). The Labute approximate surface area is 172 Å². The second-order valence-electron chi connectivity index (χ2n) is 8.40. The Morgan fingerprint density at radius 3 is 2.45 bits per heavy atom. The van der Waals surface area contributed by atoms with Crippen molar-refractivity contribution in [3.05, 3.63) is 59.2 Å². The molecule has 1 fully saturated rings. The third-order valence-corrected chi connectivity index (χ3v) is 5.69. The van der Waals surface area contributed by atoms with Gasteiger partial charge in [-0.25, -0.2) is 0 Å². The van der Waals surface area contributed by atoms with E-state index in [2.05, 4.69) is 24.5 Å². The number of aliphatic hydroxyl groups excluding tert-OH is 1. The van der Waals surface area contributed by atoms with Crippen molar-refractivity contribution < 1.29 is 14.7 Å². The topological polar surface area (TPSA) is 78.4 Å². The van der Waals surface area contributed by atoms with Crippen molar-refractivity contribution in [2.45, 2.75) is 39.7 Å². The van der Waals surface area contributed by atoms with E-state index in [0.29, 0.717) is 18.0 Å². The Morgan fingerprint density at radius 2 is 1.83 bits per heavy atom. The minimum Gasteiger partial charge on any atom is -0.394 e. The molecule has 1 heterocycles. The maximum atomic E-state index is 12.8. The highest BCUT2D eigenvalue weighted by atomic mass is 16.3. The Kier molecular flexibility index (Phi) is 6.38. The van der Waals surface area contributed by atoms with Gasteiger partial charge in [0.25, 0.3) is 5.91 Å². The lowest BCUT2D eigenvalue weighted by Gasteiger charge is -2.22. The summed E-state index contributed by atoms with van der Waals surface area (Å²) < 4.78 is 0. The van der Waals surface area contributed by atoms with Crippen LogP contribution in [0.5, 0.6) is 0 Å². The maximum absolute atomic E-state index is 12.8. The average Bonchev–Trinajstić information content (AvgIpc) is 3.09. The normalized spacial score (nSPS) is 19.9. The minimum absolute atomic E-state index is 0.0137. The van der Waals surface area contributed by atoms with E-state index in [1.807, 2.05) is 49.4 Å². The average molecular weight is 395 g/mol. The molecule has 0 aliphatic carbocycles. The summed E-state index contributed by atoms with van der Waals surface area (Å²) in [5.41, 5.74) is 4.43. The van der Waals surface area contributed by atoms with E-state index >= 15 is 0 Å². The highest BCUT2D eigenvalue weighted by Gasteiger charge is 2.38. The van der Waals surface area contributed by atoms with Crippen LogP contribution in [0.4, 0.5) is 0 Å². The van der Waals surface area contributed by atoms with Gasteiger partial charge in [0.05, 0.1) is 12.5 Å². The van der Waals surface area contributed by atoms with E-state index < -0.39 is 0 Å². The zero-order chi connectivity index (χ0) is 21.1. The molecular weight excluding hydrogens is 364 g/mol. The first-order chi connectivity index (χ1) is 13.8. The molecule has 2 aromatic carbocycles. The number of amides is 2. The third kappa shape index (κ3) is 4.67. The maximum Gasteiger partial charge on any atom is 0.251 e. The highest BCUT2D eigenvalue weighted by molar-refractivity contribution is 5.97. The molecule has 2 aromatic rings. The second-order valence-corrected chi connectivity index (χ2v) is 8.40. The fourth-order valence-electron chi connectivity index (χ4n) is 3.89. The highest BCUT2D eigenvalue weighted by Crippen LogP contribution is 2.36. The number of hydrogen-bond acceptors (Lipinski definition) is 3. The van der Waals surface area contributed by atoms with Gasteiger partial charge in [-0.15, -0.1) is 0 Å². The van der Waals surface area contributed by atoms with Crippen LogP contribution in [0.1, 0.15) is 48.2 Å². The van der Waals surface area contributed by atoms with Crippen molar-refractivity contribution in [2.75, 3.05) is 13.2 Å². The van der Waals surface area contributed by atoms with Crippen LogP contribution in [0.15, 0.2) is 42.5 Å². The molecule has 5 heteroatoms. The van der Waals surface area contributed by atoms with Crippen LogP contribution >= 0.6 is 0 Å². The van der Waals surface area contributed by atoms with Crippen LogP contribution in [0.2, 0.25) is 0 Å². The predicted octanol–water partition coefficient (Wildman–Crippen LogP) is 3.26. The van der Waals surface area contributed by atoms with Crippen LogP contribution in [0, 0.1) is 18.8 Å². The van der Waals surface area contributed by atoms with Crippen LogP contribution in [-0.4, -0.2) is 36.1 Å². The van der Waals surface area contributed by atoms with E-state index in [0.717, 1.165) is 22.3 Å². The second kappa shape index (κ2) is 8.78. The summed E-state index contributed by atoms with van der Waals surface area (Å²) in [6.07, 6.45) is 0. The Bertz CT molecular complexity index is 889. The Balaban J connectivity index is 2.08. The number of nitrogens with one attached hydrogen (secondary N) is 2. The molecule has 2 amide bonds. The first-order valence-electron chi connectivity index (χ1n) is 10.2. The van der Waals surface area contributed by atoms with E-state index in [-0.39, 0.29) is 36.3 Å². The van der Waals surface area contributed by atoms with E-state index in [1.54, 1.807) is 6.92 Å². The molecule has 0 radical (unpaired) electrons. The van der Waals surface area contributed by atoms with Gasteiger partial charge in [-0.1, -0.05) is 49.7 Å². The molecule has 5 nitrogen and oxygen atoms in total. The first kappa shape index (κ1) is 21.1. The van der Waals surface area contributed by atoms with Crippen LogP contribution in [-0.2, 0) is 4.79 Å². The van der Waals surface area contributed by atoms with Gasteiger partial charge in [0.2, 0.25) is 5.91 Å². The molecule has 0 saturated carbocycles. The summed E-state index contributed by atoms with van der Waals surface area (Å²) in [6.45, 7) is 8.56. The quantitative estimate of drug-likeness (QED) is 0.704. The van der Waals surface area contributed by atoms with Crippen molar-refractivity contribution in [1.82, 2.24) is 10.6 Å². The molecule has 0 aromatic heterocycles. The van der Waals surface area contributed by atoms with Gasteiger partial charge in [-0.05, 0) is 54.5 Å². The van der Waals surface area contributed by atoms with Crippen LogP contribution < -0.4 is 10.6 Å². The van der Waals surface area contributed by atoms with Crippen molar-refractivity contribution in [3.8, 4) is 11.1 Å². The molecule has 3 atom stereocenters. The fraction of sp³-hybridized carbons (Fsp3) is 0.417. The number of aliphatic hydroxyl groups is 1. The van der Waals surface area contributed by atoms with Gasteiger partial charge in [0.1, 0.15) is 0 Å². The summed E-state index contributed by atoms with van der Waals surface area (Å²) in [5.74, 6) is 0.0139. The summed E-state index contributed by atoms with van der Waals surface area (Å²) in [5, 5.41) is 15.1. The van der Waals surface area contributed by atoms with Crippen molar-refractivity contribution >= 4 is 11.8 Å². The summed E-state index contributed by atoms with van der Waals surface area (Å²) >= 11 is 0. The van der Waals surface area contributed by atoms with Gasteiger partial charge in [-0.3, -0.25) is 9.59 Å². The minimum atomic E-state index is -0.341. The lowest BCUT2D eigenvalue weighted by atomic mass is 9.80. The van der Waals surface area contributed by atoms with Crippen molar-refractivity contribution in [2.24, 2.45) is 11.8 Å². The molecule has 0 spiro atoms. The number of carbonyl (C=O) groups is 2. The smallest absolute Gasteiger partial charge is 0.251 e. The first-order valence-corrected chi connectivity index (χ1v) is 10.2. The molecule has 1 aliphatic heterocycles. The number of hydrogen-bond donors (Lipinski definition) is 3. The number of aryl methyl sites for hydroxylation is 1. The standard InChI is InChI=1S/C24H30N2O3/c1-14(2)21-12-25-24(29)22(21)19-9-18(17-7-5-15(3)6-8-17)10-20(11-19)23(28)26-16(4)13-27/h5-11,14,16,21-22,27H,12-13H2,1-4H3,(H,25,29)(H,26,28)/t16-,21?,22-/m0/s1. The summed E-state index contributed by atoms with van der Waals surface area (Å²) in [4.78, 5) is 25.4. The number of carbonyl (C=O) groups excluding carboxylic acids is 2. The van der Waals surface area contributed by atoms with Crippen LogP contribution in [0.25, 0.3) is 11.1 Å². The molecule has 1 saturated heterocycles. The van der Waals surface area contributed by atoms with Gasteiger partial charge >= 0.3 is 0 Å². The largest absolute Gasteiger partial charge is 0.394 e. The zero-order valence-corrected chi connectivity index (χ0v) is 17.5. The van der Waals surface area contributed by atoms with Gasteiger partial charge < -0.3 is 15.7 Å². The van der Waals surface area contributed by atoms with Gasteiger partial charge in [0.15, 0.2) is 0 Å². The lowest BCUT2D eigenvalue weighted by molar-refractivity contribution is -0.120. The number of benzene rings is 2. The Morgan fingerprint density at radius 1 is 1.14 bits per heavy atom. The monoisotopic (exact) mass is 394 g/mol. The molecular formula is C24H30N2O3. The number of rotatable bonds is 6. The predicted molar refractivity (Wildman–Crippen MR) is 115 cm³/mol. The lowest BCUT2D eigenvalue weighted by Crippen LogP contribution is -2.35.